The summed E-state index contributed by atoms with van der Waals surface area (Å²) in [4.78, 5) is 23.7. The van der Waals surface area contributed by atoms with E-state index >= 15 is 0 Å². The van der Waals surface area contributed by atoms with Crippen LogP contribution in [0.15, 0.2) is 42.5 Å². The Labute approximate surface area is 190 Å². The van der Waals surface area contributed by atoms with Crippen molar-refractivity contribution in [2.75, 3.05) is 13.7 Å². The van der Waals surface area contributed by atoms with Crippen LogP contribution in [-0.4, -0.2) is 25.5 Å². The molecule has 2 aromatic rings. The molecule has 0 atom stereocenters. The average Bonchev–Trinajstić information content (AvgIpc) is 2.74. The zero-order valence-corrected chi connectivity index (χ0v) is 20.1. The maximum atomic E-state index is 12.2. The van der Waals surface area contributed by atoms with Gasteiger partial charge in [0.1, 0.15) is 12.4 Å². The van der Waals surface area contributed by atoms with E-state index in [1.165, 1.54) is 12.7 Å². The second kappa shape index (κ2) is 10.3. The maximum Gasteiger partial charge on any atom is 0.309 e. The number of methoxy groups -OCH3 is 1. The van der Waals surface area contributed by atoms with Crippen LogP contribution in [0.25, 0.3) is 0 Å². The van der Waals surface area contributed by atoms with Gasteiger partial charge in [0, 0.05) is 10.8 Å². The summed E-state index contributed by atoms with van der Waals surface area (Å²) in [5.74, 6) is 0.283. The molecule has 0 aliphatic rings. The molecule has 168 valence electrons. The Morgan fingerprint density at radius 3 is 2.00 bits per heavy atom. The van der Waals surface area contributed by atoms with Crippen LogP contribution >= 0.6 is 11.6 Å². The minimum atomic E-state index is -0.452. The van der Waals surface area contributed by atoms with Crippen LogP contribution in [0.3, 0.4) is 0 Å². The highest BCUT2D eigenvalue weighted by Crippen LogP contribution is 2.41. The highest BCUT2D eigenvalue weighted by Gasteiger charge is 2.31. The number of benzene rings is 2. The molecule has 0 aliphatic heterocycles. The number of halogens is 1. The SMILES string of the molecule is CCC(CC)(c1ccc(CC(=O)OC)cc1)c1ccc(OCC(=O)C(C)(C)C)c(Cl)c1. The molecule has 0 bridgehead atoms. The molecule has 5 heteroatoms. The molecule has 0 spiro atoms. The van der Waals surface area contributed by atoms with Gasteiger partial charge in [0.15, 0.2) is 5.78 Å². The van der Waals surface area contributed by atoms with Crippen molar-refractivity contribution in [1.82, 2.24) is 0 Å². The predicted octanol–water partition coefficient (Wildman–Crippen LogP) is 6.16. The molecule has 0 saturated carbocycles. The summed E-state index contributed by atoms with van der Waals surface area (Å²) in [6.45, 7) is 9.93. The van der Waals surface area contributed by atoms with Gasteiger partial charge in [-0.3, -0.25) is 9.59 Å². The highest BCUT2D eigenvalue weighted by molar-refractivity contribution is 6.32. The van der Waals surface area contributed by atoms with Crippen molar-refractivity contribution in [3.05, 3.63) is 64.2 Å². The fourth-order valence-electron chi connectivity index (χ4n) is 3.69. The molecule has 0 N–H and O–H groups in total. The van der Waals surface area contributed by atoms with Crippen LogP contribution in [-0.2, 0) is 26.2 Å². The number of ketones is 1. The van der Waals surface area contributed by atoms with Gasteiger partial charge >= 0.3 is 5.97 Å². The Hall–Kier alpha value is -2.33. The molecule has 31 heavy (non-hydrogen) atoms. The van der Waals surface area contributed by atoms with Gasteiger partial charge in [-0.1, -0.05) is 76.6 Å². The number of carbonyl (C=O) groups excluding carboxylic acids is 2. The topological polar surface area (TPSA) is 52.6 Å². The largest absolute Gasteiger partial charge is 0.484 e. The first-order valence-electron chi connectivity index (χ1n) is 10.7. The van der Waals surface area contributed by atoms with Gasteiger partial charge < -0.3 is 9.47 Å². The number of esters is 1. The average molecular weight is 445 g/mol. The monoisotopic (exact) mass is 444 g/mol. The van der Waals surface area contributed by atoms with Gasteiger partial charge in [-0.15, -0.1) is 0 Å². The molecule has 0 saturated heterocycles. The summed E-state index contributed by atoms with van der Waals surface area (Å²) in [7, 11) is 1.39. The summed E-state index contributed by atoms with van der Waals surface area (Å²) >= 11 is 6.55. The van der Waals surface area contributed by atoms with Gasteiger partial charge in [-0.05, 0) is 41.7 Å². The predicted molar refractivity (Wildman–Crippen MR) is 125 cm³/mol. The van der Waals surface area contributed by atoms with Crippen molar-refractivity contribution in [3.8, 4) is 5.75 Å². The van der Waals surface area contributed by atoms with Crippen molar-refractivity contribution in [3.63, 3.8) is 0 Å². The second-order valence-corrected chi connectivity index (χ2v) is 9.25. The first-order valence-corrected chi connectivity index (χ1v) is 11.1. The smallest absolute Gasteiger partial charge is 0.309 e. The fourth-order valence-corrected chi connectivity index (χ4v) is 3.92. The number of ether oxygens (including phenoxy) is 2. The molecule has 2 rings (SSSR count). The quantitative estimate of drug-likeness (QED) is 0.435. The van der Waals surface area contributed by atoms with Crippen molar-refractivity contribution in [2.24, 2.45) is 5.41 Å². The van der Waals surface area contributed by atoms with Gasteiger partial charge in [-0.25, -0.2) is 0 Å². The van der Waals surface area contributed by atoms with E-state index in [0.29, 0.717) is 10.8 Å². The fraction of sp³-hybridized carbons (Fsp3) is 0.462. The van der Waals surface area contributed by atoms with Crippen LogP contribution in [0.4, 0.5) is 0 Å². The summed E-state index contributed by atoms with van der Waals surface area (Å²) < 4.78 is 10.5. The van der Waals surface area contributed by atoms with Crippen molar-refractivity contribution in [1.29, 1.82) is 0 Å². The van der Waals surface area contributed by atoms with Gasteiger partial charge in [0.05, 0.1) is 18.6 Å². The van der Waals surface area contributed by atoms with E-state index in [0.717, 1.165) is 24.0 Å². The number of hydrogen-bond donors (Lipinski definition) is 0. The third kappa shape index (κ3) is 5.88. The van der Waals surface area contributed by atoms with E-state index in [2.05, 4.69) is 26.0 Å². The van der Waals surface area contributed by atoms with E-state index in [4.69, 9.17) is 21.1 Å². The number of carbonyl (C=O) groups is 2. The van der Waals surface area contributed by atoms with Crippen molar-refractivity contribution >= 4 is 23.4 Å². The van der Waals surface area contributed by atoms with Crippen molar-refractivity contribution < 1.29 is 19.1 Å². The first kappa shape index (κ1) is 24.9. The van der Waals surface area contributed by atoms with Crippen LogP contribution in [0.2, 0.25) is 5.02 Å². The number of Topliss-reactive ketones (excluding diaryl/α,β-unsaturated/α-hetero) is 1. The second-order valence-electron chi connectivity index (χ2n) is 8.85. The van der Waals surface area contributed by atoms with Crippen LogP contribution in [0.1, 0.15) is 64.2 Å². The lowest BCUT2D eigenvalue weighted by molar-refractivity contribution is -0.139. The molecular formula is C26H33ClO4. The normalized spacial score (nSPS) is 11.8. The molecule has 4 nitrogen and oxygen atoms in total. The first-order chi connectivity index (χ1) is 14.6. The van der Waals surface area contributed by atoms with Crippen molar-refractivity contribution in [2.45, 2.75) is 59.3 Å². The molecule has 0 amide bonds. The standard InChI is InChI=1S/C26H33ClO4/c1-7-26(8-2,19-11-9-18(10-12-19)15-24(29)30-6)20-13-14-22(21(27)16-20)31-17-23(28)25(3,4)5/h9-14,16H,7-8,15,17H2,1-6H3. The van der Waals surface area contributed by atoms with E-state index in [-0.39, 0.29) is 30.2 Å². The molecule has 0 fully saturated rings. The third-order valence-electron chi connectivity index (χ3n) is 5.97. The number of rotatable bonds is 9. The molecule has 2 aromatic carbocycles. The summed E-state index contributed by atoms with van der Waals surface area (Å²) in [6.07, 6.45) is 2.03. The van der Waals surface area contributed by atoms with Gasteiger partial charge in [-0.2, -0.15) is 0 Å². The van der Waals surface area contributed by atoms with Gasteiger partial charge in [0.25, 0.3) is 0 Å². The zero-order chi connectivity index (χ0) is 23.2. The molecule has 0 aromatic heterocycles. The Bertz CT molecular complexity index is 906. The van der Waals surface area contributed by atoms with E-state index in [9.17, 15) is 9.59 Å². The van der Waals surface area contributed by atoms with Crippen LogP contribution in [0.5, 0.6) is 5.75 Å². The Morgan fingerprint density at radius 1 is 0.935 bits per heavy atom. The molecule has 0 radical (unpaired) electrons. The summed E-state index contributed by atoms with van der Waals surface area (Å²) in [5, 5.41) is 0.493. The molecule has 0 unspecified atom stereocenters. The lowest BCUT2D eigenvalue weighted by Crippen LogP contribution is -2.27. The highest BCUT2D eigenvalue weighted by atomic mass is 35.5. The number of hydrogen-bond acceptors (Lipinski definition) is 4. The molecule has 0 aliphatic carbocycles. The van der Waals surface area contributed by atoms with E-state index < -0.39 is 5.41 Å². The summed E-state index contributed by atoms with van der Waals surface area (Å²) in [5.41, 5.74) is 2.51. The third-order valence-corrected chi connectivity index (χ3v) is 6.26. The minimum Gasteiger partial charge on any atom is -0.484 e. The Balaban J connectivity index is 2.30. The lowest BCUT2D eigenvalue weighted by Gasteiger charge is -2.33. The molecular weight excluding hydrogens is 412 g/mol. The van der Waals surface area contributed by atoms with E-state index in [1.807, 2.05) is 51.1 Å². The summed E-state index contributed by atoms with van der Waals surface area (Å²) in [6, 6.07) is 13.9. The molecule has 0 heterocycles. The van der Waals surface area contributed by atoms with Crippen LogP contribution in [0, 0.1) is 5.41 Å². The Morgan fingerprint density at radius 2 is 1.52 bits per heavy atom. The van der Waals surface area contributed by atoms with Crippen LogP contribution < -0.4 is 4.74 Å². The van der Waals surface area contributed by atoms with Gasteiger partial charge in [0.2, 0.25) is 0 Å². The maximum absolute atomic E-state index is 12.2. The minimum absolute atomic E-state index is 0.00305. The lowest BCUT2D eigenvalue weighted by atomic mass is 9.70. The zero-order valence-electron chi connectivity index (χ0n) is 19.4. The Kier molecular flexibility index (Phi) is 8.30. The van der Waals surface area contributed by atoms with E-state index in [1.54, 1.807) is 0 Å².